The SMILES string of the molecule is O=C(O)C(c1ccccc1Nc1c(Cl)cccc1Cl)c1ccccc1Nc1c(Cl)cccc1Cl. The number of para-hydroxylation sites is 4. The second-order valence-corrected chi connectivity index (χ2v) is 9.02. The zero-order chi connectivity index (χ0) is 24.2. The monoisotopic (exact) mass is 530 g/mol. The summed E-state index contributed by atoms with van der Waals surface area (Å²) in [6.07, 6.45) is 0. The van der Waals surface area contributed by atoms with E-state index in [2.05, 4.69) is 10.6 Å². The molecule has 0 aromatic heterocycles. The maximum atomic E-state index is 12.6. The van der Waals surface area contributed by atoms with E-state index in [-0.39, 0.29) is 0 Å². The lowest BCUT2D eigenvalue weighted by Crippen LogP contribution is -2.16. The summed E-state index contributed by atoms with van der Waals surface area (Å²) in [4.78, 5) is 12.6. The van der Waals surface area contributed by atoms with Crippen LogP contribution in [0.5, 0.6) is 0 Å². The van der Waals surface area contributed by atoms with Crippen LogP contribution in [0.4, 0.5) is 22.7 Å². The Hall–Kier alpha value is -2.89. The Kier molecular flexibility index (Phi) is 7.54. The Labute approximate surface area is 217 Å². The Balaban J connectivity index is 1.81. The van der Waals surface area contributed by atoms with Gasteiger partial charge in [0.2, 0.25) is 0 Å². The summed E-state index contributed by atoms with van der Waals surface area (Å²) >= 11 is 25.4. The lowest BCUT2D eigenvalue weighted by Gasteiger charge is -2.22. The zero-order valence-corrected chi connectivity index (χ0v) is 20.6. The number of hydrogen-bond acceptors (Lipinski definition) is 3. The number of nitrogens with one attached hydrogen (secondary N) is 2. The van der Waals surface area contributed by atoms with Gasteiger partial charge in [-0.05, 0) is 47.5 Å². The van der Waals surface area contributed by atoms with Gasteiger partial charge in [0.1, 0.15) is 5.92 Å². The molecule has 172 valence electrons. The maximum absolute atomic E-state index is 12.6. The normalized spacial score (nSPS) is 10.9. The van der Waals surface area contributed by atoms with Gasteiger partial charge < -0.3 is 15.7 Å². The summed E-state index contributed by atoms with van der Waals surface area (Å²) < 4.78 is 0. The van der Waals surface area contributed by atoms with Crippen molar-refractivity contribution in [2.75, 3.05) is 10.6 Å². The standard InChI is InChI=1S/C26H18Cl4N2O2/c27-17-9-5-10-18(28)24(17)31-21-13-3-1-7-15(21)23(26(33)34)16-8-2-4-14-22(16)32-25-19(29)11-6-12-20(25)30/h1-14,23,31-32H,(H,33,34). The number of benzene rings is 4. The van der Waals surface area contributed by atoms with Gasteiger partial charge in [0.25, 0.3) is 0 Å². The molecule has 3 N–H and O–H groups in total. The predicted molar refractivity (Wildman–Crippen MR) is 142 cm³/mol. The molecule has 0 aliphatic rings. The van der Waals surface area contributed by atoms with Crippen molar-refractivity contribution in [3.05, 3.63) is 116 Å². The molecule has 0 aliphatic carbocycles. The summed E-state index contributed by atoms with van der Waals surface area (Å²) in [7, 11) is 0. The molecular formula is C26H18Cl4N2O2. The Bertz CT molecular complexity index is 1220. The van der Waals surface area contributed by atoms with Crippen LogP contribution in [-0.2, 0) is 4.79 Å². The number of carboxylic acid groups (broad SMARTS) is 1. The second kappa shape index (κ2) is 10.6. The lowest BCUT2D eigenvalue weighted by atomic mass is 9.88. The van der Waals surface area contributed by atoms with E-state index in [0.717, 1.165) is 0 Å². The van der Waals surface area contributed by atoms with Gasteiger partial charge in [-0.3, -0.25) is 4.79 Å². The number of hydrogen-bond donors (Lipinski definition) is 3. The van der Waals surface area contributed by atoms with Gasteiger partial charge in [-0.2, -0.15) is 0 Å². The predicted octanol–water partition coefficient (Wildman–Crippen LogP) is 9.00. The quantitative estimate of drug-likeness (QED) is 0.222. The highest BCUT2D eigenvalue weighted by Gasteiger charge is 2.28. The first-order valence-corrected chi connectivity index (χ1v) is 11.7. The number of aliphatic carboxylic acids is 1. The van der Waals surface area contributed by atoms with Crippen molar-refractivity contribution in [2.45, 2.75) is 5.92 Å². The van der Waals surface area contributed by atoms with E-state index in [1.54, 1.807) is 72.8 Å². The zero-order valence-electron chi connectivity index (χ0n) is 17.5. The summed E-state index contributed by atoms with van der Waals surface area (Å²) in [6.45, 7) is 0. The van der Waals surface area contributed by atoms with Gasteiger partial charge >= 0.3 is 5.97 Å². The summed E-state index contributed by atoms with van der Waals surface area (Å²) in [5.74, 6) is -2.05. The summed E-state index contributed by atoms with van der Waals surface area (Å²) in [6, 6.07) is 24.6. The highest BCUT2D eigenvalue weighted by molar-refractivity contribution is 6.39. The molecular weight excluding hydrogens is 514 g/mol. The molecule has 0 fully saturated rings. The molecule has 4 nitrogen and oxygen atoms in total. The highest BCUT2D eigenvalue weighted by atomic mass is 35.5. The molecule has 0 saturated carbocycles. The van der Waals surface area contributed by atoms with E-state index in [1.165, 1.54) is 0 Å². The van der Waals surface area contributed by atoms with Gasteiger partial charge in [-0.25, -0.2) is 0 Å². The molecule has 0 amide bonds. The number of rotatable bonds is 7. The van der Waals surface area contributed by atoms with Gasteiger partial charge in [-0.1, -0.05) is 94.9 Å². The Morgan fingerprint density at radius 1 is 0.588 bits per heavy atom. The van der Waals surface area contributed by atoms with Crippen molar-refractivity contribution < 1.29 is 9.90 Å². The maximum Gasteiger partial charge on any atom is 0.315 e. The van der Waals surface area contributed by atoms with Gasteiger partial charge in [0, 0.05) is 11.4 Å². The lowest BCUT2D eigenvalue weighted by molar-refractivity contribution is -0.137. The first kappa shape index (κ1) is 24.2. The molecule has 0 spiro atoms. The van der Waals surface area contributed by atoms with E-state index in [9.17, 15) is 9.90 Å². The molecule has 0 unspecified atom stereocenters. The third-order valence-corrected chi connectivity index (χ3v) is 6.50. The molecule has 34 heavy (non-hydrogen) atoms. The van der Waals surface area contributed by atoms with Crippen molar-refractivity contribution in [1.29, 1.82) is 0 Å². The minimum Gasteiger partial charge on any atom is -0.481 e. The fraction of sp³-hybridized carbons (Fsp3) is 0.0385. The van der Waals surface area contributed by atoms with E-state index in [0.29, 0.717) is 54.0 Å². The molecule has 4 rings (SSSR count). The van der Waals surface area contributed by atoms with Gasteiger partial charge in [0.05, 0.1) is 31.5 Å². The number of anilines is 4. The number of carbonyl (C=O) groups is 1. The Morgan fingerprint density at radius 2 is 0.941 bits per heavy atom. The molecule has 0 aliphatic heterocycles. The van der Waals surface area contributed by atoms with Crippen molar-refractivity contribution in [3.8, 4) is 0 Å². The van der Waals surface area contributed by atoms with Crippen LogP contribution in [-0.4, -0.2) is 11.1 Å². The van der Waals surface area contributed by atoms with Crippen molar-refractivity contribution >= 4 is 75.1 Å². The molecule has 0 bridgehead atoms. The first-order valence-electron chi connectivity index (χ1n) is 10.2. The van der Waals surface area contributed by atoms with Crippen molar-refractivity contribution in [3.63, 3.8) is 0 Å². The fourth-order valence-corrected chi connectivity index (χ4v) is 4.65. The fourth-order valence-electron chi connectivity index (χ4n) is 3.66. The minimum atomic E-state index is -1.03. The van der Waals surface area contributed by atoms with Crippen LogP contribution in [0.15, 0.2) is 84.9 Å². The number of halogens is 4. The van der Waals surface area contributed by atoms with Crippen LogP contribution in [0.2, 0.25) is 20.1 Å². The van der Waals surface area contributed by atoms with Crippen LogP contribution in [0, 0.1) is 0 Å². The van der Waals surface area contributed by atoms with Crippen LogP contribution < -0.4 is 10.6 Å². The average Bonchev–Trinajstić information content (AvgIpc) is 2.81. The summed E-state index contributed by atoms with van der Waals surface area (Å²) in [5.41, 5.74) is 3.19. The van der Waals surface area contributed by atoms with E-state index in [1.807, 2.05) is 12.1 Å². The van der Waals surface area contributed by atoms with Crippen LogP contribution in [0.25, 0.3) is 0 Å². The third-order valence-electron chi connectivity index (χ3n) is 5.24. The van der Waals surface area contributed by atoms with Gasteiger partial charge in [0.15, 0.2) is 0 Å². The largest absolute Gasteiger partial charge is 0.481 e. The average molecular weight is 532 g/mol. The molecule has 4 aromatic carbocycles. The van der Waals surface area contributed by atoms with Crippen molar-refractivity contribution in [2.24, 2.45) is 0 Å². The first-order chi connectivity index (χ1) is 16.4. The molecule has 0 radical (unpaired) electrons. The topological polar surface area (TPSA) is 61.4 Å². The molecule has 4 aromatic rings. The van der Waals surface area contributed by atoms with Crippen molar-refractivity contribution in [1.82, 2.24) is 0 Å². The molecule has 0 atom stereocenters. The van der Waals surface area contributed by atoms with Crippen LogP contribution in [0.1, 0.15) is 17.0 Å². The van der Waals surface area contributed by atoms with Gasteiger partial charge in [-0.15, -0.1) is 0 Å². The second-order valence-electron chi connectivity index (χ2n) is 7.39. The Morgan fingerprint density at radius 3 is 1.29 bits per heavy atom. The summed E-state index contributed by atoms with van der Waals surface area (Å²) in [5, 5.41) is 18.4. The van der Waals surface area contributed by atoms with E-state index in [4.69, 9.17) is 46.4 Å². The minimum absolute atomic E-state index is 0.421. The molecule has 8 heteroatoms. The smallest absolute Gasteiger partial charge is 0.315 e. The third kappa shape index (κ3) is 5.11. The van der Waals surface area contributed by atoms with E-state index >= 15 is 0 Å². The van der Waals surface area contributed by atoms with Crippen LogP contribution in [0.3, 0.4) is 0 Å². The molecule has 0 saturated heterocycles. The highest BCUT2D eigenvalue weighted by Crippen LogP contribution is 2.40. The molecule has 0 heterocycles. The van der Waals surface area contributed by atoms with Crippen LogP contribution >= 0.6 is 46.4 Å². The number of carboxylic acids is 1. The van der Waals surface area contributed by atoms with E-state index < -0.39 is 11.9 Å².